The Hall–Kier alpha value is -0.830. The van der Waals surface area contributed by atoms with E-state index in [0.717, 1.165) is 17.3 Å². The second-order valence-electron chi connectivity index (χ2n) is 4.82. The molecule has 1 aliphatic rings. The van der Waals surface area contributed by atoms with Gasteiger partial charge in [0.15, 0.2) is 0 Å². The Bertz CT molecular complexity index is 416. The second kappa shape index (κ2) is 5.21. The highest BCUT2D eigenvalue weighted by Gasteiger charge is 2.44. The molecular weight excluding hydrogens is 280 g/mol. The van der Waals surface area contributed by atoms with Crippen LogP contribution < -0.4 is 0 Å². The molecule has 0 N–H and O–H groups in total. The zero-order chi connectivity index (χ0) is 12.4. The van der Waals surface area contributed by atoms with Crippen LogP contribution in [0.15, 0.2) is 28.7 Å². The average molecular weight is 297 g/mol. The van der Waals surface area contributed by atoms with Gasteiger partial charge in [0.05, 0.1) is 13.0 Å². The molecule has 3 heteroatoms. The molecule has 3 unspecified atom stereocenters. The largest absolute Gasteiger partial charge is 0.469 e. The molecule has 0 saturated heterocycles. The summed E-state index contributed by atoms with van der Waals surface area (Å²) in [6.07, 6.45) is 2.06. The van der Waals surface area contributed by atoms with Gasteiger partial charge in [-0.2, -0.15) is 0 Å². The first-order chi connectivity index (χ1) is 8.11. The van der Waals surface area contributed by atoms with E-state index >= 15 is 0 Å². The van der Waals surface area contributed by atoms with Gasteiger partial charge in [0, 0.05) is 4.47 Å². The van der Waals surface area contributed by atoms with Gasteiger partial charge in [0.25, 0.3) is 0 Å². The number of methoxy groups -OCH3 is 1. The summed E-state index contributed by atoms with van der Waals surface area (Å²) in [6, 6.07) is 8.39. The van der Waals surface area contributed by atoms with Gasteiger partial charge in [0.2, 0.25) is 0 Å². The molecular formula is C14H17BrO2. The van der Waals surface area contributed by atoms with Crippen molar-refractivity contribution in [2.75, 3.05) is 7.11 Å². The number of esters is 1. The average Bonchev–Trinajstić information content (AvgIpc) is 3.07. The van der Waals surface area contributed by atoms with E-state index in [4.69, 9.17) is 4.74 Å². The molecule has 1 aliphatic carbocycles. The maximum Gasteiger partial charge on any atom is 0.308 e. The molecule has 1 saturated carbocycles. The first-order valence-corrected chi connectivity index (χ1v) is 6.74. The highest BCUT2D eigenvalue weighted by Crippen LogP contribution is 2.45. The molecule has 2 nitrogen and oxygen atoms in total. The summed E-state index contributed by atoms with van der Waals surface area (Å²) in [7, 11) is 1.47. The summed E-state index contributed by atoms with van der Waals surface area (Å²) < 4.78 is 5.88. The fraction of sp³-hybridized carbons (Fsp3) is 0.500. The maximum absolute atomic E-state index is 11.3. The van der Waals surface area contributed by atoms with Crippen molar-refractivity contribution >= 4 is 21.9 Å². The van der Waals surface area contributed by atoms with E-state index < -0.39 is 0 Å². The lowest BCUT2D eigenvalue weighted by molar-refractivity contribution is -0.142. The normalized spacial score (nSPS) is 24.2. The number of halogens is 1. The summed E-state index contributed by atoms with van der Waals surface area (Å²) in [5.74, 6) is 1.11. The molecule has 0 aromatic heterocycles. The van der Waals surface area contributed by atoms with Crippen LogP contribution in [0.5, 0.6) is 0 Å². The number of hydrogen-bond acceptors (Lipinski definition) is 2. The smallest absolute Gasteiger partial charge is 0.308 e. The molecule has 3 atom stereocenters. The quantitative estimate of drug-likeness (QED) is 0.791. The topological polar surface area (TPSA) is 26.3 Å². The third kappa shape index (κ3) is 3.09. The molecule has 17 heavy (non-hydrogen) atoms. The minimum atomic E-state index is -0.0450. The predicted molar refractivity (Wildman–Crippen MR) is 70.8 cm³/mol. The first kappa shape index (κ1) is 12.6. The van der Waals surface area contributed by atoms with Crippen LogP contribution in [0, 0.1) is 11.8 Å². The van der Waals surface area contributed by atoms with Crippen LogP contribution in [-0.2, 0) is 9.53 Å². The summed E-state index contributed by atoms with van der Waals surface area (Å²) >= 11 is 3.48. The molecule has 0 bridgehead atoms. The van der Waals surface area contributed by atoms with Crippen LogP contribution >= 0.6 is 15.9 Å². The van der Waals surface area contributed by atoms with Crippen LogP contribution in [0.25, 0.3) is 0 Å². The fourth-order valence-corrected chi connectivity index (χ4v) is 2.77. The number of carbonyl (C=O) groups is 1. The first-order valence-electron chi connectivity index (χ1n) is 5.95. The van der Waals surface area contributed by atoms with Gasteiger partial charge < -0.3 is 4.74 Å². The third-order valence-electron chi connectivity index (χ3n) is 3.50. The van der Waals surface area contributed by atoms with Crippen LogP contribution in [0.2, 0.25) is 0 Å². The lowest BCUT2D eigenvalue weighted by Gasteiger charge is -2.11. The van der Waals surface area contributed by atoms with Gasteiger partial charge in [-0.15, -0.1) is 0 Å². The van der Waals surface area contributed by atoms with Gasteiger partial charge in [-0.05, 0) is 42.4 Å². The molecule has 0 amide bonds. The zero-order valence-electron chi connectivity index (χ0n) is 10.2. The fourth-order valence-electron chi connectivity index (χ4n) is 2.35. The Labute approximate surface area is 110 Å². The van der Waals surface area contributed by atoms with Crippen molar-refractivity contribution in [2.45, 2.75) is 25.7 Å². The molecule has 2 rings (SSSR count). The van der Waals surface area contributed by atoms with Gasteiger partial charge in [-0.3, -0.25) is 4.79 Å². The molecule has 0 heterocycles. The second-order valence-corrected chi connectivity index (χ2v) is 5.73. The number of carbonyl (C=O) groups excluding carboxylic acids is 1. The van der Waals surface area contributed by atoms with Gasteiger partial charge in [-0.1, -0.05) is 35.0 Å². The molecule has 92 valence electrons. The van der Waals surface area contributed by atoms with E-state index in [9.17, 15) is 4.79 Å². The van der Waals surface area contributed by atoms with E-state index in [1.54, 1.807) is 0 Å². The molecule has 1 fully saturated rings. The number of ether oxygens (including phenoxy) is 1. The summed E-state index contributed by atoms with van der Waals surface area (Å²) in [5.41, 5.74) is 1.33. The van der Waals surface area contributed by atoms with Gasteiger partial charge in [0.1, 0.15) is 0 Å². The lowest BCUT2D eigenvalue weighted by Crippen LogP contribution is -2.05. The minimum absolute atomic E-state index is 0.0450. The van der Waals surface area contributed by atoms with E-state index in [0.29, 0.717) is 11.8 Å². The Kier molecular flexibility index (Phi) is 3.87. The van der Waals surface area contributed by atoms with Crippen molar-refractivity contribution in [3.8, 4) is 0 Å². The maximum atomic E-state index is 11.3. The van der Waals surface area contributed by atoms with E-state index in [-0.39, 0.29) is 11.9 Å². The van der Waals surface area contributed by atoms with Crippen molar-refractivity contribution in [1.82, 2.24) is 0 Å². The van der Waals surface area contributed by atoms with Crippen molar-refractivity contribution in [1.29, 1.82) is 0 Å². The van der Waals surface area contributed by atoms with Crippen molar-refractivity contribution in [3.05, 3.63) is 34.3 Å². The van der Waals surface area contributed by atoms with E-state index in [2.05, 4.69) is 41.1 Å². The molecule has 1 aromatic carbocycles. The van der Waals surface area contributed by atoms with E-state index in [1.165, 1.54) is 12.7 Å². The predicted octanol–water partition coefficient (Wildman–Crippen LogP) is 3.75. The van der Waals surface area contributed by atoms with Crippen LogP contribution in [0.3, 0.4) is 0 Å². The standard InChI is InChI=1S/C14H17BrO2/c1-9(10-4-3-5-12(15)7-10)6-11-8-13(11)14(16)17-2/h3-5,7,9,11,13H,6,8H2,1-2H3. The third-order valence-corrected chi connectivity index (χ3v) is 3.99. The van der Waals surface area contributed by atoms with Crippen LogP contribution in [0.4, 0.5) is 0 Å². The highest BCUT2D eigenvalue weighted by molar-refractivity contribution is 9.10. The number of rotatable bonds is 4. The van der Waals surface area contributed by atoms with Crippen molar-refractivity contribution in [2.24, 2.45) is 11.8 Å². The summed E-state index contributed by atoms with van der Waals surface area (Å²) in [4.78, 5) is 11.3. The molecule has 1 aromatic rings. The number of hydrogen-bond donors (Lipinski definition) is 0. The van der Waals surface area contributed by atoms with Crippen LogP contribution in [-0.4, -0.2) is 13.1 Å². The molecule has 0 radical (unpaired) electrons. The van der Waals surface area contributed by atoms with Crippen molar-refractivity contribution in [3.63, 3.8) is 0 Å². The molecule has 0 aliphatic heterocycles. The summed E-state index contributed by atoms with van der Waals surface area (Å²) in [6.45, 7) is 2.22. The Morgan fingerprint density at radius 3 is 3.00 bits per heavy atom. The number of benzene rings is 1. The summed E-state index contributed by atoms with van der Waals surface area (Å²) in [5, 5.41) is 0. The zero-order valence-corrected chi connectivity index (χ0v) is 11.7. The highest BCUT2D eigenvalue weighted by atomic mass is 79.9. The Balaban J connectivity index is 1.91. The SMILES string of the molecule is COC(=O)C1CC1CC(C)c1cccc(Br)c1. The Morgan fingerprint density at radius 1 is 1.59 bits per heavy atom. The van der Waals surface area contributed by atoms with Crippen LogP contribution in [0.1, 0.15) is 31.2 Å². The van der Waals surface area contributed by atoms with Crippen molar-refractivity contribution < 1.29 is 9.53 Å². The van der Waals surface area contributed by atoms with E-state index in [1.807, 2.05) is 6.07 Å². The molecule has 0 spiro atoms. The monoisotopic (exact) mass is 296 g/mol. The van der Waals surface area contributed by atoms with Gasteiger partial charge in [-0.25, -0.2) is 0 Å². The minimum Gasteiger partial charge on any atom is -0.469 e. The Morgan fingerprint density at radius 2 is 2.35 bits per heavy atom. The van der Waals surface area contributed by atoms with Gasteiger partial charge >= 0.3 is 5.97 Å². The lowest BCUT2D eigenvalue weighted by atomic mass is 9.95.